The van der Waals surface area contributed by atoms with Crippen LogP contribution in [0.2, 0.25) is 0 Å². The molecule has 29 heavy (non-hydrogen) atoms. The van der Waals surface area contributed by atoms with Crippen LogP contribution in [0.25, 0.3) is 11.6 Å². The van der Waals surface area contributed by atoms with Gasteiger partial charge < -0.3 is 14.6 Å². The highest BCUT2D eigenvalue weighted by atomic mass is 19.3. The molecule has 0 saturated heterocycles. The first kappa shape index (κ1) is 20.0. The molecule has 0 aliphatic carbocycles. The van der Waals surface area contributed by atoms with Gasteiger partial charge in [-0.3, -0.25) is 19.3 Å². The minimum Gasteiger partial charge on any atom is -0.493 e. The summed E-state index contributed by atoms with van der Waals surface area (Å²) in [5.41, 5.74) is 1.03. The highest BCUT2D eigenvalue weighted by Gasteiger charge is 2.35. The molecule has 0 spiro atoms. The van der Waals surface area contributed by atoms with Crippen molar-refractivity contribution in [2.75, 3.05) is 13.7 Å². The van der Waals surface area contributed by atoms with E-state index in [-0.39, 0.29) is 22.6 Å². The second kappa shape index (κ2) is 8.09. The Morgan fingerprint density at radius 2 is 1.79 bits per heavy atom. The Hall–Kier alpha value is -3.75. The van der Waals surface area contributed by atoms with E-state index in [2.05, 4.69) is 4.74 Å². The number of halogens is 2. The Labute approximate surface area is 163 Å². The summed E-state index contributed by atoms with van der Waals surface area (Å²) in [4.78, 5) is 37.1. The van der Waals surface area contributed by atoms with Gasteiger partial charge in [-0.05, 0) is 35.4 Å². The lowest BCUT2D eigenvalue weighted by molar-refractivity contribution is -0.141. The quantitative estimate of drug-likeness (QED) is 0.589. The lowest BCUT2D eigenvalue weighted by Crippen LogP contribution is -2.44. The molecule has 7 nitrogen and oxygen atoms in total. The van der Waals surface area contributed by atoms with Gasteiger partial charge in [-0.25, -0.2) is 0 Å². The van der Waals surface area contributed by atoms with Crippen molar-refractivity contribution in [3.05, 3.63) is 59.2 Å². The van der Waals surface area contributed by atoms with Crippen molar-refractivity contribution in [3.8, 4) is 11.5 Å². The molecule has 0 fully saturated rings. The maximum Gasteiger partial charge on any atom is 0.387 e. The van der Waals surface area contributed by atoms with Gasteiger partial charge in [0.1, 0.15) is 6.54 Å². The van der Waals surface area contributed by atoms with Crippen LogP contribution in [-0.4, -0.2) is 48.1 Å². The van der Waals surface area contributed by atoms with Crippen LogP contribution in [0.5, 0.6) is 11.5 Å². The van der Waals surface area contributed by atoms with Gasteiger partial charge in [-0.1, -0.05) is 24.3 Å². The summed E-state index contributed by atoms with van der Waals surface area (Å²) in [7, 11) is 1.28. The third kappa shape index (κ3) is 4.08. The second-order valence-electron chi connectivity index (χ2n) is 5.98. The molecule has 0 unspecified atom stereocenters. The predicted molar refractivity (Wildman–Crippen MR) is 97.6 cm³/mol. The van der Waals surface area contributed by atoms with Crippen molar-refractivity contribution in [2.45, 2.75) is 6.61 Å². The van der Waals surface area contributed by atoms with Gasteiger partial charge in [0, 0.05) is 11.1 Å². The highest BCUT2D eigenvalue weighted by molar-refractivity contribution is 6.34. The van der Waals surface area contributed by atoms with Gasteiger partial charge in [0.25, 0.3) is 11.8 Å². The summed E-state index contributed by atoms with van der Waals surface area (Å²) in [6.07, 6.45) is 1.43. The zero-order valence-corrected chi connectivity index (χ0v) is 15.1. The van der Waals surface area contributed by atoms with Gasteiger partial charge in [0.15, 0.2) is 11.5 Å². The number of ether oxygens (including phenoxy) is 2. The molecule has 2 aromatic rings. The molecule has 3 rings (SSSR count). The first-order valence-electron chi connectivity index (χ1n) is 8.33. The molecule has 2 amide bonds. The molecule has 2 aromatic carbocycles. The van der Waals surface area contributed by atoms with Gasteiger partial charge in [-0.15, -0.1) is 0 Å². The topological polar surface area (TPSA) is 93.1 Å². The zero-order valence-electron chi connectivity index (χ0n) is 15.1. The van der Waals surface area contributed by atoms with Crippen LogP contribution in [0, 0.1) is 0 Å². The van der Waals surface area contributed by atoms with Crippen molar-refractivity contribution < 1.29 is 37.7 Å². The molecular formula is C20H15F2NO6. The molecule has 1 heterocycles. The molecule has 150 valence electrons. The summed E-state index contributed by atoms with van der Waals surface area (Å²) in [6, 6.07) is 10.4. The zero-order chi connectivity index (χ0) is 21.1. The number of hydrogen-bond acceptors (Lipinski definition) is 5. The monoisotopic (exact) mass is 403 g/mol. The van der Waals surface area contributed by atoms with Crippen molar-refractivity contribution in [1.82, 2.24) is 4.90 Å². The fourth-order valence-corrected chi connectivity index (χ4v) is 2.96. The largest absolute Gasteiger partial charge is 0.493 e. The van der Waals surface area contributed by atoms with E-state index in [0.717, 1.165) is 0 Å². The van der Waals surface area contributed by atoms with E-state index in [4.69, 9.17) is 9.84 Å². The Bertz CT molecular complexity index is 1020. The second-order valence-corrected chi connectivity index (χ2v) is 5.98. The van der Waals surface area contributed by atoms with Crippen LogP contribution in [0.1, 0.15) is 21.5 Å². The molecule has 9 heteroatoms. The number of hydrogen-bond donors (Lipinski definition) is 1. The van der Waals surface area contributed by atoms with Gasteiger partial charge in [-0.2, -0.15) is 8.78 Å². The number of carboxylic acid groups (broad SMARTS) is 1. The van der Waals surface area contributed by atoms with Crippen LogP contribution in [0.15, 0.2) is 42.5 Å². The molecule has 1 aliphatic heterocycles. The molecule has 0 aromatic heterocycles. The minimum atomic E-state index is -3.03. The van der Waals surface area contributed by atoms with Crippen LogP contribution in [0.4, 0.5) is 8.78 Å². The molecule has 0 radical (unpaired) electrons. The highest BCUT2D eigenvalue weighted by Crippen LogP contribution is 2.33. The van der Waals surface area contributed by atoms with Crippen molar-refractivity contribution >= 4 is 29.4 Å². The number of carbonyl (C=O) groups is 3. The van der Waals surface area contributed by atoms with Crippen LogP contribution in [-0.2, 0) is 9.59 Å². The van der Waals surface area contributed by atoms with Crippen LogP contribution < -0.4 is 9.47 Å². The average molecular weight is 403 g/mol. The van der Waals surface area contributed by atoms with Crippen LogP contribution >= 0.6 is 0 Å². The Morgan fingerprint density at radius 1 is 1.10 bits per heavy atom. The number of imide groups is 1. The van der Waals surface area contributed by atoms with E-state index in [1.807, 2.05) is 0 Å². The fourth-order valence-electron chi connectivity index (χ4n) is 2.96. The number of aliphatic carboxylic acids is 1. The average Bonchev–Trinajstić information content (AvgIpc) is 2.69. The molecule has 0 atom stereocenters. The van der Waals surface area contributed by atoms with E-state index in [1.54, 1.807) is 18.2 Å². The number of rotatable bonds is 6. The van der Waals surface area contributed by atoms with E-state index in [9.17, 15) is 23.2 Å². The Kier molecular flexibility index (Phi) is 5.58. The first-order valence-corrected chi connectivity index (χ1v) is 8.33. The van der Waals surface area contributed by atoms with Crippen molar-refractivity contribution in [1.29, 1.82) is 0 Å². The Morgan fingerprint density at radius 3 is 2.41 bits per heavy atom. The Balaban J connectivity index is 2.09. The van der Waals surface area contributed by atoms with E-state index >= 15 is 0 Å². The standard InChI is InChI=1S/C20H15F2NO6/c1-28-16-9-11(6-7-15(16)29-20(21)22)8-14-12-4-2-3-5-13(12)18(26)23(19(14)27)10-17(24)25/h2-9,20H,10H2,1H3,(H,24,25)/b14-8-. The molecule has 1 N–H and O–H groups in total. The number of fused-ring (bicyclic) bond motifs is 1. The van der Waals surface area contributed by atoms with Gasteiger partial charge in [0.2, 0.25) is 0 Å². The van der Waals surface area contributed by atoms with Gasteiger partial charge >= 0.3 is 12.6 Å². The number of amides is 2. The smallest absolute Gasteiger partial charge is 0.387 e. The minimum absolute atomic E-state index is 0.0228. The summed E-state index contributed by atoms with van der Waals surface area (Å²) < 4.78 is 34.4. The molecule has 0 saturated carbocycles. The maximum atomic E-state index is 12.8. The lowest BCUT2D eigenvalue weighted by Gasteiger charge is -2.27. The summed E-state index contributed by atoms with van der Waals surface area (Å²) in [5.74, 6) is -2.97. The van der Waals surface area contributed by atoms with Crippen LogP contribution in [0.3, 0.4) is 0 Å². The van der Waals surface area contributed by atoms with Crippen molar-refractivity contribution in [3.63, 3.8) is 0 Å². The number of nitrogens with zero attached hydrogens (tertiary/aromatic N) is 1. The normalized spacial score (nSPS) is 14.9. The number of benzene rings is 2. The van der Waals surface area contributed by atoms with E-state index < -0.39 is 30.9 Å². The third-order valence-electron chi connectivity index (χ3n) is 4.18. The summed E-state index contributed by atoms with van der Waals surface area (Å²) in [6.45, 7) is -3.82. The third-order valence-corrected chi connectivity index (χ3v) is 4.18. The fraction of sp³-hybridized carbons (Fsp3) is 0.150. The number of methoxy groups -OCH3 is 1. The molecular weight excluding hydrogens is 388 g/mol. The van der Waals surface area contributed by atoms with Crippen molar-refractivity contribution in [2.24, 2.45) is 0 Å². The number of carbonyl (C=O) groups excluding carboxylic acids is 2. The summed E-state index contributed by atoms with van der Waals surface area (Å²) >= 11 is 0. The lowest BCUT2D eigenvalue weighted by atomic mass is 9.92. The molecule has 1 aliphatic rings. The SMILES string of the molecule is COc1cc(/C=C2\C(=O)N(CC(=O)O)C(=O)c3ccccc32)ccc1OC(F)F. The first-order chi connectivity index (χ1) is 13.8. The van der Waals surface area contributed by atoms with E-state index in [0.29, 0.717) is 16.0 Å². The number of alkyl halides is 2. The van der Waals surface area contributed by atoms with E-state index in [1.165, 1.54) is 37.5 Å². The number of carboxylic acids is 1. The summed E-state index contributed by atoms with van der Waals surface area (Å²) in [5, 5.41) is 9.04. The molecule has 0 bridgehead atoms. The van der Waals surface area contributed by atoms with Gasteiger partial charge in [0.05, 0.1) is 7.11 Å². The maximum absolute atomic E-state index is 12.8. The predicted octanol–water partition coefficient (Wildman–Crippen LogP) is 2.90.